The van der Waals surface area contributed by atoms with E-state index >= 15 is 0 Å². The summed E-state index contributed by atoms with van der Waals surface area (Å²) in [7, 11) is 0. The molecule has 1 unspecified atom stereocenters. The summed E-state index contributed by atoms with van der Waals surface area (Å²) < 4.78 is 7.33. The third-order valence-corrected chi connectivity index (χ3v) is 5.00. The van der Waals surface area contributed by atoms with Crippen LogP contribution in [0.15, 0.2) is 16.8 Å². The van der Waals surface area contributed by atoms with Crippen molar-refractivity contribution in [2.75, 3.05) is 0 Å². The molecule has 5 heteroatoms. The second-order valence-electron chi connectivity index (χ2n) is 7.30. The summed E-state index contributed by atoms with van der Waals surface area (Å²) in [6.45, 7) is 4.28. The van der Waals surface area contributed by atoms with Gasteiger partial charge in [-0.3, -0.25) is 9.48 Å². The molecule has 2 heterocycles. The van der Waals surface area contributed by atoms with Crippen LogP contribution >= 0.6 is 0 Å². The van der Waals surface area contributed by atoms with E-state index in [4.69, 9.17) is 4.52 Å². The van der Waals surface area contributed by atoms with Gasteiger partial charge in [0.05, 0.1) is 5.69 Å². The van der Waals surface area contributed by atoms with Crippen molar-refractivity contribution in [1.82, 2.24) is 14.9 Å². The Kier molecular flexibility index (Phi) is 3.58. The zero-order chi connectivity index (χ0) is 16.0. The molecule has 0 aromatic carbocycles. The number of aromatic nitrogens is 3. The number of nitrogens with zero attached hydrogens (tertiary/aromatic N) is 3. The van der Waals surface area contributed by atoms with Gasteiger partial charge in [-0.2, -0.15) is 5.10 Å². The van der Waals surface area contributed by atoms with E-state index in [9.17, 15) is 4.79 Å². The number of rotatable bonds is 5. The summed E-state index contributed by atoms with van der Waals surface area (Å²) in [6.07, 6.45) is 8.00. The molecule has 1 atom stereocenters. The maximum atomic E-state index is 12.4. The van der Waals surface area contributed by atoms with Gasteiger partial charge in [0.1, 0.15) is 11.5 Å². The topological polar surface area (TPSA) is 60.9 Å². The zero-order valence-electron chi connectivity index (χ0n) is 13.8. The number of hydrogen-bond donors (Lipinski definition) is 0. The molecule has 4 rings (SSSR count). The fraction of sp³-hybridized carbons (Fsp3) is 0.611. The Hall–Kier alpha value is -1.91. The molecule has 2 aliphatic carbocycles. The minimum absolute atomic E-state index is 0.109. The van der Waals surface area contributed by atoms with E-state index in [2.05, 4.69) is 30.3 Å². The first-order valence-electron chi connectivity index (χ1n) is 8.67. The summed E-state index contributed by atoms with van der Waals surface area (Å²) >= 11 is 0. The maximum absolute atomic E-state index is 12.4. The van der Waals surface area contributed by atoms with Gasteiger partial charge in [0.15, 0.2) is 5.78 Å². The van der Waals surface area contributed by atoms with Crippen molar-refractivity contribution in [3.05, 3.63) is 35.0 Å². The van der Waals surface area contributed by atoms with E-state index in [0.717, 1.165) is 37.9 Å². The Morgan fingerprint density at radius 1 is 1.39 bits per heavy atom. The van der Waals surface area contributed by atoms with Crippen LogP contribution in [-0.4, -0.2) is 20.7 Å². The normalized spacial score (nSPS) is 20.7. The Labute approximate surface area is 136 Å². The van der Waals surface area contributed by atoms with Gasteiger partial charge in [0.2, 0.25) is 0 Å². The Morgan fingerprint density at radius 3 is 2.96 bits per heavy atom. The molecule has 122 valence electrons. The molecule has 1 fully saturated rings. The second kappa shape index (κ2) is 5.62. The number of carbonyl (C=O) groups excluding carboxylic acids is 1. The smallest absolute Gasteiger partial charge is 0.185 e. The first kappa shape index (κ1) is 14.7. The molecule has 0 aliphatic heterocycles. The highest BCUT2D eigenvalue weighted by molar-refractivity contribution is 5.94. The second-order valence-corrected chi connectivity index (χ2v) is 7.30. The molecule has 23 heavy (non-hydrogen) atoms. The summed E-state index contributed by atoms with van der Waals surface area (Å²) in [4.78, 5) is 12.4. The maximum Gasteiger partial charge on any atom is 0.185 e. The van der Waals surface area contributed by atoms with E-state index in [1.165, 1.54) is 11.3 Å². The molecule has 2 aromatic heterocycles. The van der Waals surface area contributed by atoms with Crippen molar-refractivity contribution in [3.63, 3.8) is 0 Å². The van der Waals surface area contributed by atoms with Crippen molar-refractivity contribution in [2.45, 2.75) is 64.3 Å². The summed E-state index contributed by atoms with van der Waals surface area (Å²) in [6, 6.07) is 2.23. The average Bonchev–Trinajstić information content (AvgIpc) is 3.10. The van der Waals surface area contributed by atoms with Crippen LogP contribution in [0, 0.1) is 5.92 Å². The standard InChI is InChI=1S/C18H23N3O2/c1-11(2)21-10-14-4-3-12(7-15(14)19-21)8-17(22)16-9-18(23-20-16)13-5-6-13/h9-13H,3-8H2,1-2H3. The van der Waals surface area contributed by atoms with Gasteiger partial charge >= 0.3 is 0 Å². The van der Waals surface area contributed by atoms with Gasteiger partial charge in [0.25, 0.3) is 0 Å². The predicted molar refractivity (Wildman–Crippen MR) is 85.6 cm³/mol. The molecule has 2 aromatic rings. The Balaban J connectivity index is 1.41. The van der Waals surface area contributed by atoms with Crippen molar-refractivity contribution in [3.8, 4) is 0 Å². The van der Waals surface area contributed by atoms with Crippen LogP contribution in [0.2, 0.25) is 0 Å². The molecule has 0 N–H and O–H groups in total. The number of Topliss-reactive ketones (excluding diaryl/α,β-unsaturated/α-hetero) is 1. The van der Waals surface area contributed by atoms with Crippen LogP contribution in [-0.2, 0) is 12.8 Å². The van der Waals surface area contributed by atoms with Gasteiger partial charge in [-0.25, -0.2) is 0 Å². The molecule has 0 radical (unpaired) electrons. The zero-order valence-corrected chi connectivity index (χ0v) is 13.8. The lowest BCUT2D eigenvalue weighted by Gasteiger charge is -2.19. The third kappa shape index (κ3) is 2.96. The van der Waals surface area contributed by atoms with E-state index in [-0.39, 0.29) is 5.78 Å². The molecule has 5 nitrogen and oxygen atoms in total. The van der Waals surface area contributed by atoms with E-state index in [0.29, 0.717) is 30.0 Å². The average molecular weight is 313 g/mol. The molecule has 0 spiro atoms. The number of aryl methyl sites for hydroxylation is 1. The Bertz CT molecular complexity index is 724. The molecule has 2 aliphatic rings. The van der Waals surface area contributed by atoms with Crippen LogP contribution in [0.4, 0.5) is 0 Å². The van der Waals surface area contributed by atoms with Gasteiger partial charge in [0, 0.05) is 30.6 Å². The molecular formula is C18H23N3O2. The fourth-order valence-electron chi connectivity index (χ4n) is 3.37. The highest BCUT2D eigenvalue weighted by Gasteiger charge is 2.30. The van der Waals surface area contributed by atoms with Gasteiger partial charge < -0.3 is 4.52 Å². The van der Waals surface area contributed by atoms with E-state index < -0.39 is 0 Å². The minimum atomic E-state index is 0.109. The molecular weight excluding hydrogens is 290 g/mol. The lowest BCUT2D eigenvalue weighted by Crippen LogP contribution is -2.17. The van der Waals surface area contributed by atoms with Crippen LogP contribution in [0.1, 0.15) is 79.0 Å². The van der Waals surface area contributed by atoms with Crippen LogP contribution in [0.5, 0.6) is 0 Å². The van der Waals surface area contributed by atoms with Crippen LogP contribution < -0.4 is 0 Å². The largest absolute Gasteiger partial charge is 0.360 e. The van der Waals surface area contributed by atoms with Gasteiger partial charge in [-0.1, -0.05) is 5.16 Å². The fourth-order valence-corrected chi connectivity index (χ4v) is 3.37. The number of hydrogen-bond acceptors (Lipinski definition) is 4. The summed E-state index contributed by atoms with van der Waals surface area (Å²) in [5.74, 6) is 1.86. The number of ketones is 1. The number of carbonyl (C=O) groups is 1. The lowest BCUT2D eigenvalue weighted by atomic mass is 9.84. The Morgan fingerprint density at radius 2 is 2.22 bits per heavy atom. The van der Waals surface area contributed by atoms with E-state index in [1.807, 2.05) is 10.7 Å². The van der Waals surface area contributed by atoms with E-state index in [1.54, 1.807) is 0 Å². The molecule has 0 amide bonds. The SMILES string of the molecule is CC(C)n1cc2c(n1)CC(CC(=O)c1cc(C3CC3)on1)CC2. The minimum Gasteiger partial charge on any atom is -0.360 e. The van der Waals surface area contributed by atoms with Crippen molar-refractivity contribution < 1.29 is 9.32 Å². The highest BCUT2D eigenvalue weighted by atomic mass is 16.5. The summed E-state index contributed by atoms with van der Waals surface area (Å²) in [5.41, 5.74) is 3.02. The monoisotopic (exact) mass is 313 g/mol. The van der Waals surface area contributed by atoms with Crippen molar-refractivity contribution in [1.29, 1.82) is 0 Å². The lowest BCUT2D eigenvalue weighted by molar-refractivity contribution is 0.0948. The third-order valence-electron chi connectivity index (χ3n) is 5.00. The molecule has 0 bridgehead atoms. The predicted octanol–water partition coefficient (Wildman–Crippen LogP) is 3.71. The first-order chi connectivity index (χ1) is 11.1. The van der Waals surface area contributed by atoms with Gasteiger partial charge in [-0.15, -0.1) is 0 Å². The van der Waals surface area contributed by atoms with Gasteiger partial charge in [-0.05, 0) is 57.4 Å². The number of fused-ring (bicyclic) bond motifs is 1. The van der Waals surface area contributed by atoms with Crippen LogP contribution in [0.25, 0.3) is 0 Å². The quantitative estimate of drug-likeness (QED) is 0.790. The van der Waals surface area contributed by atoms with Crippen molar-refractivity contribution >= 4 is 5.78 Å². The summed E-state index contributed by atoms with van der Waals surface area (Å²) in [5, 5.41) is 8.66. The molecule has 1 saturated carbocycles. The molecule has 0 saturated heterocycles. The highest BCUT2D eigenvalue weighted by Crippen LogP contribution is 2.40. The first-order valence-corrected chi connectivity index (χ1v) is 8.67. The van der Waals surface area contributed by atoms with Crippen molar-refractivity contribution in [2.24, 2.45) is 5.92 Å². The van der Waals surface area contributed by atoms with Crippen LogP contribution in [0.3, 0.4) is 0 Å².